The van der Waals surface area contributed by atoms with Gasteiger partial charge in [-0.05, 0) is 35.6 Å². The van der Waals surface area contributed by atoms with Crippen molar-refractivity contribution in [2.45, 2.75) is 20.8 Å². The van der Waals surface area contributed by atoms with Gasteiger partial charge >= 0.3 is 0 Å². The molecule has 0 N–H and O–H groups in total. The highest BCUT2D eigenvalue weighted by Gasteiger charge is 2.11. The number of fused-ring (bicyclic) bond motifs is 3. The van der Waals surface area contributed by atoms with Gasteiger partial charge in [0.05, 0.1) is 0 Å². The van der Waals surface area contributed by atoms with Gasteiger partial charge in [0.1, 0.15) is 0 Å². The molecule has 0 heterocycles. The maximum absolute atomic E-state index is 2.30. The van der Waals surface area contributed by atoms with Crippen LogP contribution < -0.4 is 0 Å². The largest absolute Gasteiger partial charge is 0.0776 e. The van der Waals surface area contributed by atoms with Crippen LogP contribution in [0, 0.1) is 0 Å². The van der Waals surface area contributed by atoms with E-state index in [0.717, 1.165) is 6.42 Å². The van der Waals surface area contributed by atoms with Gasteiger partial charge in [0, 0.05) is 0 Å². The SMILES string of the molecule is C.CC1=Cc2ccccc2-c2ccccc2C1. The summed E-state index contributed by atoms with van der Waals surface area (Å²) in [5, 5.41) is 0. The Labute approximate surface area is 104 Å². The lowest BCUT2D eigenvalue weighted by molar-refractivity contribution is 1.17. The first-order valence-corrected chi connectivity index (χ1v) is 5.69. The summed E-state index contributed by atoms with van der Waals surface area (Å²) in [6.45, 7) is 2.21. The number of rotatable bonds is 0. The molecule has 0 aliphatic heterocycles. The van der Waals surface area contributed by atoms with Gasteiger partial charge < -0.3 is 0 Å². The molecule has 0 unspecified atom stereocenters. The summed E-state index contributed by atoms with van der Waals surface area (Å²) < 4.78 is 0. The quantitative estimate of drug-likeness (QED) is 0.591. The second kappa shape index (κ2) is 4.58. The molecule has 0 aromatic heterocycles. The minimum Gasteiger partial charge on any atom is -0.0776 e. The van der Waals surface area contributed by atoms with Gasteiger partial charge in [-0.1, -0.05) is 67.6 Å². The van der Waals surface area contributed by atoms with Gasteiger partial charge in [-0.15, -0.1) is 0 Å². The Hall–Kier alpha value is -1.82. The molecule has 0 nitrogen and oxygen atoms in total. The second-order valence-electron chi connectivity index (χ2n) is 4.41. The molecule has 0 bridgehead atoms. The fourth-order valence-electron chi connectivity index (χ4n) is 2.42. The molecule has 0 radical (unpaired) electrons. The maximum atomic E-state index is 2.30. The lowest BCUT2D eigenvalue weighted by Gasteiger charge is -2.08. The van der Waals surface area contributed by atoms with Crippen molar-refractivity contribution in [2.24, 2.45) is 0 Å². The highest BCUT2D eigenvalue weighted by atomic mass is 14.2. The molecule has 0 saturated heterocycles. The van der Waals surface area contributed by atoms with Crippen LogP contribution in [0.25, 0.3) is 17.2 Å². The molecule has 1 aliphatic carbocycles. The summed E-state index contributed by atoms with van der Waals surface area (Å²) in [6, 6.07) is 17.3. The Kier molecular flexibility index (Phi) is 3.14. The molecule has 17 heavy (non-hydrogen) atoms. The van der Waals surface area contributed by atoms with E-state index >= 15 is 0 Å². The van der Waals surface area contributed by atoms with Crippen LogP contribution in [0.2, 0.25) is 0 Å². The minimum absolute atomic E-state index is 0. The van der Waals surface area contributed by atoms with Crippen LogP contribution in [0.4, 0.5) is 0 Å². The fourth-order valence-corrected chi connectivity index (χ4v) is 2.42. The fraction of sp³-hybridized carbons (Fsp3) is 0.176. The molecule has 0 fully saturated rings. The highest BCUT2D eigenvalue weighted by molar-refractivity contribution is 5.80. The van der Waals surface area contributed by atoms with Crippen LogP contribution in [0.5, 0.6) is 0 Å². The number of hydrogen-bond donors (Lipinski definition) is 0. The summed E-state index contributed by atoms with van der Waals surface area (Å²) in [5.74, 6) is 0. The topological polar surface area (TPSA) is 0 Å². The van der Waals surface area contributed by atoms with E-state index in [-0.39, 0.29) is 7.43 Å². The normalized spacial score (nSPS) is 12.6. The molecule has 86 valence electrons. The van der Waals surface area contributed by atoms with Crippen LogP contribution in [0.15, 0.2) is 54.1 Å². The zero-order valence-electron chi connectivity index (χ0n) is 9.40. The lowest BCUT2D eigenvalue weighted by atomic mass is 9.96. The Morgan fingerprint density at radius 3 is 2.29 bits per heavy atom. The third-order valence-corrected chi connectivity index (χ3v) is 3.14. The van der Waals surface area contributed by atoms with Crippen LogP contribution in [-0.2, 0) is 6.42 Å². The molecule has 0 heteroatoms. The molecule has 2 aromatic carbocycles. The maximum Gasteiger partial charge on any atom is -0.00604 e. The first-order valence-electron chi connectivity index (χ1n) is 5.69. The summed E-state index contributed by atoms with van der Waals surface area (Å²) in [6.07, 6.45) is 3.36. The van der Waals surface area contributed by atoms with E-state index in [1.807, 2.05) is 0 Å². The third kappa shape index (κ3) is 2.03. The molecule has 1 aliphatic rings. The molecule has 0 saturated carbocycles. The summed E-state index contributed by atoms with van der Waals surface area (Å²) in [7, 11) is 0. The molecule has 3 rings (SSSR count). The Morgan fingerprint density at radius 2 is 1.47 bits per heavy atom. The molecule has 0 amide bonds. The predicted octanol–water partition coefficient (Wildman–Crippen LogP) is 4.95. The van der Waals surface area contributed by atoms with E-state index in [2.05, 4.69) is 61.5 Å². The molecular formula is C17H18. The van der Waals surface area contributed by atoms with Crippen molar-refractivity contribution in [3.8, 4) is 11.1 Å². The molecule has 0 spiro atoms. The second-order valence-corrected chi connectivity index (χ2v) is 4.41. The standard InChI is InChI=1S/C16H14.CH4/c1-12-10-13-6-2-4-8-15(13)16-9-5-3-7-14(16)11-12;/h2-10H,11H2,1H3;1H4. The van der Waals surface area contributed by atoms with Gasteiger partial charge in [0.2, 0.25) is 0 Å². The van der Waals surface area contributed by atoms with Crippen molar-refractivity contribution < 1.29 is 0 Å². The average molecular weight is 222 g/mol. The number of benzene rings is 2. The molecule has 2 aromatic rings. The van der Waals surface area contributed by atoms with Crippen molar-refractivity contribution in [3.63, 3.8) is 0 Å². The average Bonchev–Trinajstić information content (AvgIpc) is 2.44. The third-order valence-electron chi connectivity index (χ3n) is 3.14. The monoisotopic (exact) mass is 222 g/mol. The van der Waals surface area contributed by atoms with Gasteiger partial charge in [-0.2, -0.15) is 0 Å². The van der Waals surface area contributed by atoms with Crippen molar-refractivity contribution in [3.05, 3.63) is 65.2 Å². The van der Waals surface area contributed by atoms with E-state index in [9.17, 15) is 0 Å². The summed E-state index contributed by atoms with van der Waals surface area (Å²) in [4.78, 5) is 0. The van der Waals surface area contributed by atoms with Crippen LogP contribution in [0.3, 0.4) is 0 Å². The van der Waals surface area contributed by atoms with E-state index in [1.54, 1.807) is 0 Å². The van der Waals surface area contributed by atoms with Crippen molar-refractivity contribution in [1.29, 1.82) is 0 Å². The Balaban J connectivity index is 0.00000108. The van der Waals surface area contributed by atoms with Crippen molar-refractivity contribution in [2.75, 3.05) is 0 Å². The Bertz CT molecular complexity index is 562. The van der Waals surface area contributed by atoms with Crippen LogP contribution in [-0.4, -0.2) is 0 Å². The smallest absolute Gasteiger partial charge is 0.00604 e. The van der Waals surface area contributed by atoms with Gasteiger partial charge in [0.25, 0.3) is 0 Å². The first-order chi connectivity index (χ1) is 7.84. The van der Waals surface area contributed by atoms with Gasteiger partial charge in [-0.3, -0.25) is 0 Å². The van der Waals surface area contributed by atoms with Gasteiger partial charge in [-0.25, -0.2) is 0 Å². The lowest BCUT2D eigenvalue weighted by Crippen LogP contribution is -1.88. The van der Waals surface area contributed by atoms with Crippen LogP contribution in [0.1, 0.15) is 25.5 Å². The summed E-state index contributed by atoms with van der Waals surface area (Å²) in [5.41, 5.74) is 6.93. The van der Waals surface area contributed by atoms with E-state index < -0.39 is 0 Å². The zero-order valence-corrected chi connectivity index (χ0v) is 9.40. The highest BCUT2D eigenvalue weighted by Crippen LogP contribution is 2.32. The number of allylic oxidation sites excluding steroid dienone is 1. The molecular weight excluding hydrogens is 204 g/mol. The van der Waals surface area contributed by atoms with E-state index in [4.69, 9.17) is 0 Å². The van der Waals surface area contributed by atoms with E-state index in [1.165, 1.54) is 27.8 Å². The predicted molar refractivity (Wildman–Crippen MR) is 76.0 cm³/mol. The van der Waals surface area contributed by atoms with E-state index in [0.29, 0.717) is 0 Å². The van der Waals surface area contributed by atoms with Crippen molar-refractivity contribution in [1.82, 2.24) is 0 Å². The van der Waals surface area contributed by atoms with Crippen molar-refractivity contribution >= 4 is 6.08 Å². The van der Waals surface area contributed by atoms with Gasteiger partial charge in [0.15, 0.2) is 0 Å². The molecule has 0 atom stereocenters. The zero-order chi connectivity index (χ0) is 11.0. The first kappa shape index (κ1) is 11.7. The number of hydrogen-bond acceptors (Lipinski definition) is 0. The minimum atomic E-state index is 0. The summed E-state index contributed by atoms with van der Waals surface area (Å²) >= 11 is 0. The Morgan fingerprint density at radius 1 is 0.824 bits per heavy atom. The van der Waals surface area contributed by atoms with Crippen LogP contribution >= 0.6 is 0 Å².